The van der Waals surface area contributed by atoms with Crippen molar-refractivity contribution >= 4 is 45.7 Å². The molecule has 2 aromatic carbocycles. The van der Waals surface area contributed by atoms with Crippen LogP contribution in [0.5, 0.6) is 0 Å². The summed E-state index contributed by atoms with van der Waals surface area (Å²) in [6.45, 7) is 1.77. The molecule has 0 spiro atoms. The van der Waals surface area contributed by atoms with Crippen molar-refractivity contribution in [1.82, 2.24) is 4.98 Å². The van der Waals surface area contributed by atoms with Crippen LogP contribution < -0.4 is 5.32 Å². The average molecular weight is 349 g/mol. The molecule has 0 fully saturated rings. The third kappa shape index (κ3) is 3.14. The monoisotopic (exact) mass is 348 g/mol. The first-order valence-electron chi connectivity index (χ1n) is 6.78. The first-order valence-corrected chi connectivity index (χ1v) is 7.53. The van der Waals surface area contributed by atoms with E-state index < -0.39 is 11.7 Å². The Morgan fingerprint density at radius 1 is 1.13 bits per heavy atom. The van der Waals surface area contributed by atoms with Crippen LogP contribution >= 0.6 is 23.2 Å². The first-order chi connectivity index (χ1) is 11.0. The summed E-state index contributed by atoms with van der Waals surface area (Å²) in [5, 5.41) is 3.76. The van der Waals surface area contributed by atoms with Gasteiger partial charge in [0.2, 0.25) is 0 Å². The topological polar surface area (TPSA) is 42.0 Å². The number of hydrogen-bond acceptors (Lipinski definition) is 2. The van der Waals surface area contributed by atoms with Gasteiger partial charge in [-0.25, -0.2) is 4.39 Å². The zero-order chi connectivity index (χ0) is 16.6. The summed E-state index contributed by atoms with van der Waals surface area (Å²) in [5.41, 5.74) is 1.82. The Labute approximate surface area is 142 Å². The molecule has 6 heteroatoms. The Bertz CT molecular complexity index is 908. The zero-order valence-corrected chi connectivity index (χ0v) is 13.5. The Kier molecular flexibility index (Phi) is 4.20. The van der Waals surface area contributed by atoms with Crippen molar-refractivity contribution in [2.24, 2.45) is 0 Å². The number of pyridine rings is 1. The van der Waals surface area contributed by atoms with E-state index in [-0.39, 0.29) is 0 Å². The maximum atomic E-state index is 13.5. The number of rotatable bonds is 2. The minimum absolute atomic E-state index is 0.308. The van der Waals surface area contributed by atoms with Crippen LogP contribution in [-0.2, 0) is 0 Å². The second kappa shape index (κ2) is 6.14. The maximum Gasteiger partial charge on any atom is 0.256 e. The van der Waals surface area contributed by atoms with Gasteiger partial charge >= 0.3 is 0 Å². The van der Waals surface area contributed by atoms with Crippen LogP contribution in [0.1, 0.15) is 16.1 Å². The molecule has 0 aliphatic carbocycles. The lowest BCUT2D eigenvalue weighted by Gasteiger charge is -2.11. The van der Waals surface area contributed by atoms with Crippen molar-refractivity contribution in [3.63, 3.8) is 0 Å². The van der Waals surface area contributed by atoms with Gasteiger partial charge in [0.25, 0.3) is 5.91 Å². The van der Waals surface area contributed by atoms with E-state index in [0.717, 1.165) is 0 Å². The summed E-state index contributed by atoms with van der Waals surface area (Å²) in [6, 6.07) is 10.7. The molecule has 3 rings (SSSR count). The highest BCUT2D eigenvalue weighted by Gasteiger charge is 2.15. The van der Waals surface area contributed by atoms with Crippen molar-refractivity contribution < 1.29 is 9.18 Å². The van der Waals surface area contributed by atoms with Gasteiger partial charge in [-0.05, 0) is 43.3 Å². The van der Waals surface area contributed by atoms with Gasteiger partial charge < -0.3 is 5.32 Å². The Hall–Kier alpha value is -2.17. The van der Waals surface area contributed by atoms with Crippen molar-refractivity contribution in [2.75, 3.05) is 5.32 Å². The second-order valence-electron chi connectivity index (χ2n) is 5.02. The van der Waals surface area contributed by atoms with E-state index in [1.165, 1.54) is 18.2 Å². The number of amides is 1. The number of halogens is 3. The zero-order valence-electron chi connectivity index (χ0n) is 12.0. The molecule has 0 aliphatic heterocycles. The summed E-state index contributed by atoms with van der Waals surface area (Å²) >= 11 is 12.1. The van der Waals surface area contributed by atoms with E-state index in [4.69, 9.17) is 23.2 Å². The Balaban J connectivity index is 2.09. The van der Waals surface area contributed by atoms with E-state index in [2.05, 4.69) is 10.3 Å². The molecular weight excluding hydrogens is 338 g/mol. The van der Waals surface area contributed by atoms with Crippen LogP contribution in [-0.4, -0.2) is 10.9 Å². The summed E-state index contributed by atoms with van der Waals surface area (Å²) in [7, 11) is 0. The number of aromatic nitrogens is 1. The highest BCUT2D eigenvalue weighted by molar-refractivity contribution is 6.40. The SMILES string of the molecule is Cc1cc(C(=O)Nc2c(Cl)cccc2Cl)c2cc(F)ccc2n1. The molecule has 0 aliphatic rings. The number of aryl methyl sites for hydroxylation is 1. The minimum atomic E-state index is -0.437. The van der Waals surface area contributed by atoms with Gasteiger partial charge in [-0.1, -0.05) is 29.3 Å². The molecule has 116 valence electrons. The van der Waals surface area contributed by atoms with Gasteiger partial charge in [0.1, 0.15) is 5.82 Å². The third-order valence-electron chi connectivity index (χ3n) is 3.34. The van der Waals surface area contributed by atoms with Crippen molar-refractivity contribution in [2.45, 2.75) is 6.92 Å². The van der Waals surface area contributed by atoms with Crippen molar-refractivity contribution in [1.29, 1.82) is 0 Å². The molecule has 1 N–H and O–H groups in total. The lowest BCUT2D eigenvalue weighted by molar-refractivity contribution is 0.102. The predicted molar refractivity (Wildman–Crippen MR) is 90.9 cm³/mol. The number of anilines is 1. The summed E-state index contributed by atoms with van der Waals surface area (Å²) < 4.78 is 13.5. The Morgan fingerprint density at radius 3 is 2.52 bits per heavy atom. The van der Waals surface area contributed by atoms with Crippen LogP contribution in [0.3, 0.4) is 0 Å². The van der Waals surface area contributed by atoms with Crippen molar-refractivity contribution in [3.05, 3.63) is 69.6 Å². The molecule has 23 heavy (non-hydrogen) atoms. The molecule has 1 aromatic heterocycles. The van der Waals surface area contributed by atoms with E-state index in [1.807, 2.05) is 0 Å². The molecule has 0 atom stereocenters. The molecule has 3 aromatic rings. The summed E-state index contributed by atoms with van der Waals surface area (Å²) in [4.78, 5) is 16.9. The largest absolute Gasteiger partial charge is 0.319 e. The number of benzene rings is 2. The second-order valence-corrected chi connectivity index (χ2v) is 5.84. The fourth-order valence-corrected chi connectivity index (χ4v) is 2.81. The number of hydrogen-bond donors (Lipinski definition) is 1. The minimum Gasteiger partial charge on any atom is -0.319 e. The quantitative estimate of drug-likeness (QED) is 0.687. The van der Waals surface area contributed by atoms with E-state index in [0.29, 0.717) is 37.9 Å². The normalized spacial score (nSPS) is 10.8. The van der Waals surface area contributed by atoms with Crippen LogP contribution in [0.2, 0.25) is 10.0 Å². The first kappa shape index (κ1) is 15.7. The number of carbonyl (C=O) groups is 1. The molecule has 0 saturated heterocycles. The molecule has 0 bridgehead atoms. The molecule has 3 nitrogen and oxygen atoms in total. The van der Waals surface area contributed by atoms with Crippen LogP contribution in [0, 0.1) is 12.7 Å². The smallest absolute Gasteiger partial charge is 0.256 e. The van der Waals surface area contributed by atoms with E-state index in [9.17, 15) is 9.18 Å². The predicted octanol–water partition coefficient (Wildman–Crippen LogP) is 5.24. The van der Waals surface area contributed by atoms with E-state index >= 15 is 0 Å². The van der Waals surface area contributed by atoms with Gasteiger partial charge in [0.05, 0.1) is 26.8 Å². The van der Waals surface area contributed by atoms with Crippen molar-refractivity contribution in [3.8, 4) is 0 Å². The lowest BCUT2D eigenvalue weighted by Crippen LogP contribution is -2.14. The number of nitrogens with zero attached hydrogens (tertiary/aromatic N) is 1. The fourth-order valence-electron chi connectivity index (χ4n) is 2.32. The average Bonchev–Trinajstić information content (AvgIpc) is 2.50. The van der Waals surface area contributed by atoms with Gasteiger partial charge in [-0.2, -0.15) is 0 Å². The molecular formula is C17H11Cl2FN2O. The van der Waals surface area contributed by atoms with Crippen LogP contribution in [0.25, 0.3) is 10.9 Å². The molecule has 0 unspecified atom stereocenters. The number of fused-ring (bicyclic) bond motifs is 1. The number of carbonyl (C=O) groups excluding carboxylic acids is 1. The highest BCUT2D eigenvalue weighted by atomic mass is 35.5. The number of nitrogens with one attached hydrogen (secondary N) is 1. The van der Waals surface area contributed by atoms with Gasteiger partial charge in [0.15, 0.2) is 0 Å². The van der Waals surface area contributed by atoms with Crippen LogP contribution in [0.4, 0.5) is 10.1 Å². The van der Waals surface area contributed by atoms with Gasteiger partial charge in [-0.3, -0.25) is 9.78 Å². The molecule has 1 amide bonds. The Morgan fingerprint density at radius 2 is 1.83 bits per heavy atom. The summed E-state index contributed by atoms with van der Waals surface area (Å²) in [6.07, 6.45) is 0. The lowest BCUT2D eigenvalue weighted by atomic mass is 10.1. The standard InChI is InChI=1S/C17H11Cl2FN2O/c1-9-7-12(11-8-10(20)5-6-15(11)21-9)17(23)22-16-13(18)3-2-4-14(16)19/h2-8H,1H3,(H,22,23). The molecule has 0 radical (unpaired) electrons. The van der Waals surface area contributed by atoms with Gasteiger partial charge in [-0.15, -0.1) is 0 Å². The fraction of sp³-hybridized carbons (Fsp3) is 0.0588. The molecule has 0 saturated carbocycles. The van der Waals surface area contributed by atoms with Crippen LogP contribution in [0.15, 0.2) is 42.5 Å². The maximum absolute atomic E-state index is 13.5. The summed E-state index contributed by atoms with van der Waals surface area (Å²) in [5.74, 6) is -0.867. The van der Waals surface area contributed by atoms with Gasteiger partial charge in [0, 0.05) is 11.1 Å². The highest BCUT2D eigenvalue weighted by Crippen LogP contribution is 2.31. The van der Waals surface area contributed by atoms with E-state index in [1.54, 1.807) is 31.2 Å². The molecule has 1 heterocycles. The number of para-hydroxylation sites is 1. The third-order valence-corrected chi connectivity index (χ3v) is 3.97.